The molecule has 2 atom stereocenters. The number of rotatable bonds is 4. The van der Waals surface area contributed by atoms with Gasteiger partial charge in [0.25, 0.3) is 6.71 Å². The summed E-state index contributed by atoms with van der Waals surface area (Å²) in [6, 6.07) is 52.4. The van der Waals surface area contributed by atoms with Gasteiger partial charge in [-0.25, -0.2) is 0 Å². The molecule has 0 N–H and O–H groups in total. The van der Waals surface area contributed by atoms with E-state index in [0.29, 0.717) is 0 Å². The van der Waals surface area contributed by atoms with Crippen LogP contribution >= 0.6 is 0 Å². The zero-order valence-corrected chi connectivity index (χ0v) is 44.5. The highest BCUT2D eigenvalue weighted by Gasteiger charge is 2.58. The fourth-order valence-corrected chi connectivity index (χ4v) is 12.7. The Morgan fingerprint density at radius 1 is 0.457 bits per heavy atom. The molecule has 70 heavy (non-hydrogen) atoms. The molecule has 356 valence electrons. The topological polar surface area (TPSA) is 22.6 Å². The van der Waals surface area contributed by atoms with E-state index in [1.54, 1.807) is 0 Å². The number of fused-ring (bicyclic) bond motifs is 7. The summed E-state index contributed by atoms with van der Waals surface area (Å²) in [4.78, 5) is 12.9. The SMILES string of the molecule is CC(C)(C)c1ccc(N2c3ccc(C(C)(C)C)cc3B3c4cc(C(C)(C)C)ccc4N(c4ccc(C(C)(C)C)cc4)c4cc(N5c6ccc(-c7ccccn7)cc6C6(C)CCCCC56C)cc2c43)cc1. The second kappa shape index (κ2) is 15.7. The Morgan fingerprint density at radius 3 is 1.40 bits per heavy atom. The molecule has 11 rings (SSSR count). The maximum atomic E-state index is 4.84. The first-order valence-electron chi connectivity index (χ1n) is 26.1. The van der Waals surface area contributed by atoms with Gasteiger partial charge in [0.15, 0.2) is 0 Å². The van der Waals surface area contributed by atoms with Crippen molar-refractivity contribution in [3.05, 3.63) is 167 Å². The predicted molar refractivity (Wildman–Crippen MR) is 301 cm³/mol. The summed E-state index contributed by atoms with van der Waals surface area (Å²) in [5, 5.41) is 0. The average Bonchev–Trinajstić information content (AvgIpc) is 3.52. The van der Waals surface area contributed by atoms with Crippen molar-refractivity contribution < 1.29 is 0 Å². The molecule has 2 unspecified atom stereocenters. The van der Waals surface area contributed by atoms with Crippen LogP contribution in [0, 0.1) is 0 Å². The Hall–Kier alpha value is -6.07. The molecule has 1 saturated carbocycles. The summed E-state index contributed by atoms with van der Waals surface area (Å²) in [5.74, 6) is 0. The van der Waals surface area contributed by atoms with Crippen molar-refractivity contribution in [2.45, 2.75) is 155 Å². The second-order valence-corrected chi connectivity index (χ2v) is 25.7. The van der Waals surface area contributed by atoms with Crippen LogP contribution in [0.2, 0.25) is 0 Å². The van der Waals surface area contributed by atoms with Crippen molar-refractivity contribution in [2.75, 3.05) is 14.7 Å². The van der Waals surface area contributed by atoms with Crippen LogP contribution in [0.4, 0.5) is 45.5 Å². The maximum absolute atomic E-state index is 4.84. The van der Waals surface area contributed by atoms with Crippen molar-refractivity contribution in [3.8, 4) is 11.3 Å². The molecule has 4 heterocycles. The normalized spacial score (nSPS) is 19.6. The average molecular weight is 921 g/mol. The van der Waals surface area contributed by atoms with Gasteiger partial charge in [-0.15, -0.1) is 0 Å². The Morgan fingerprint density at radius 2 is 0.929 bits per heavy atom. The molecule has 0 radical (unpaired) electrons. The fraction of sp³-hybridized carbons (Fsp3) is 0.369. The monoisotopic (exact) mass is 921 g/mol. The number of hydrogen-bond acceptors (Lipinski definition) is 4. The highest BCUT2D eigenvalue weighted by molar-refractivity contribution is 7.00. The minimum absolute atomic E-state index is 0.00572. The van der Waals surface area contributed by atoms with Gasteiger partial charge in [0.1, 0.15) is 0 Å². The molecule has 5 heteroatoms. The van der Waals surface area contributed by atoms with Crippen LogP contribution in [-0.2, 0) is 27.1 Å². The second-order valence-electron chi connectivity index (χ2n) is 25.7. The molecule has 0 amide bonds. The van der Waals surface area contributed by atoms with Crippen LogP contribution in [0.1, 0.15) is 150 Å². The number of hydrogen-bond donors (Lipinski definition) is 0. The maximum Gasteiger partial charge on any atom is 0.252 e. The van der Waals surface area contributed by atoms with E-state index in [2.05, 4.69) is 239 Å². The highest BCUT2D eigenvalue weighted by Crippen LogP contribution is 2.62. The first kappa shape index (κ1) is 46.3. The van der Waals surface area contributed by atoms with Gasteiger partial charge < -0.3 is 14.7 Å². The number of pyridine rings is 1. The van der Waals surface area contributed by atoms with Gasteiger partial charge in [-0.05, 0) is 158 Å². The lowest BCUT2D eigenvalue weighted by atomic mass is 9.33. The summed E-state index contributed by atoms with van der Waals surface area (Å²) in [7, 11) is 0. The van der Waals surface area contributed by atoms with Gasteiger partial charge >= 0.3 is 0 Å². The molecule has 0 saturated heterocycles. The Labute approximate surface area is 420 Å². The van der Waals surface area contributed by atoms with Crippen LogP contribution in [0.3, 0.4) is 0 Å². The van der Waals surface area contributed by atoms with Crippen molar-refractivity contribution >= 4 is 68.6 Å². The van der Waals surface area contributed by atoms with Crippen molar-refractivity contribution in [1.29, 1.82) is 0 Å². The lowest BCUT2D eigenvalue weighted by Crippen LogP contribution is -2.62. The van der Waals surface area contributed by atoms with E-state index < -0.39 is 0 Å². The molecule has 3 aliphatic heterocycles. The highest BCUT2D eigenvalue weighted by atomic mass is 15.3. The molecule has 4 aliphatic rings. The van der Waals surface area contributed by atoms with Crippen LogP contribution < -0.4 is 31.1 Å². The van der Waals surface area contributed by atoms with E-state index in [1.165, 1.54) is 108 Å². The van der Waals surface area contributed by atoms with Crippen LogP contribution in [0.15, 0.2) is 140 Å². The van der Waals surface area contributed by atoms with Crippen LogP contribution in [0.25, 0.3) is 11.3 Å². The zero-order valence-electron chi connectivity index (χ0n) is 44.5. The molecule has 1 aliphatic carbocycles. The molecule has 6 aromatic carbocycles. The number of aromatic nitrogens is 1. The summed E-state index contributed by atoms with van der Waals surface area (Å²) in [5.41, 5.74) is 22.8. The predicted octanol–water partition coefficient (Wildman–Crippen LogP) is 15.8. The molecule has 7 aromatic rings. The van der Waals surface area contributed by atoms with E-state index in [0.717, 1.165) is 18.5 Å². The molecule has 0 bridgehead atoms. The van der Waals surface area contributed by atoms with E-state index in [-0.39, 0.29) is 39.3 Å². The van der Waals surface area contributed by atoms with Gasteiger partial charge in [0.05, 0.1) is 11.2 Å². The summed E-state index contributed by atoms with van der Waals surface area (Å²) < 4.78 is 0. The molecular weight excluding hydrogens is 848 g/mol. The minimum Gasteiger partial charge on any atom is -0.334 e. The summed E-state index contributed by atoms with van der Waals surface area (Å²) in [6.45, 7) is 33.2. The lowest BCUT2D eigenvalue weighted by molar-refractivity contribution is 0.195. The smallest absolute Gasteiger partial charge is 0.252 e. The van der Waals surface area contributed by atoms with Crippen molar-refractivity contribution in [1.82, 2.24) is 4.98 Å². The lowest BCUT2D eigenvalue weighted by Gasteiger charge is -2.51. The molecule has 1 fully saturated rings. The largest absolute Gasteiger partial charge is 0.334 e. The number of nitrogens with zero attached hydrogens (tertiary/aromatic N) is 4. The van der Waals surface area contributed by atoms with E-state index >= 15 is 0 Å². The van der Waals surface area contributed by atoms with Gasteiger partial charge in [0, 0.05) is 62.7 Å². The van der Waals surface area contributed by atoms with Gasteiger partial charge in [-0.1, -0.05) is 164 Å². The fourth-order valence-electron chi connectivity index (χ4n) is 12.7. The standard InChI is InChI=1S/C65H73BN4/c1-60(2,3)43-21-27-47(28-22-43)68-55-32-25-45(62(7,8)9)38-51(55)66-52-39-46(63(10,11)12)26-33-56(52)69(48-29-23-44(24-30-48)61(4,5)6)58-41-49(40-57(68)59(58)66)70-54-31-20-42(53-19-15-18-36-67-53)37-50(54)64(13)34-16-17-35-65(64,70)14/h15,18-33,36-41H,16-17,34-35H2,1-14H3. The van der Waals surface area contributed by atoms with E-state index in [9.17, 15) is 0 Å². The molecule has 0 spiro atoms. The summed E-state index contributed by atoms with van der Waals surface area (Å²) in [6.07, 6.45) is 6.60. The van der Waals surface area contributed by atoms with Crippen LogP contribution in [0.5, 0.6) is 0 Å². The Bertz CT molecular complexity index is 3030. The van der Waals surface area contributed by atoms with Crippen LogP contribution in [-0.4, -0.2) is 17.2 Å². The van der Waals surface area contributed by atoms with Gasteiger partial charge in [0.2, 0.25) is 0 Å². The third kappa shape index (κ3) is 7.18. The Kier molecular flexibility index (Phi) is 10.4. The van der Waals surface area contributed by atoms with E-state index in [1.807, 2.05) is 12.3 Å². The van der Waals surface area contributed by atoms with E-state index in [4.69, 9.17) is 4.98 Å². The van der Waals surface area contributed by atoms with Gasteiger partial charge in [-0.3, -0.25) is 4.98 Å². The Balaban J connectivity index is 1.25. The molecule has 1 aromatic heterocycles. The first-order chi connectivity index (χ1) is 33.0. The third-order valence-corrected chi connectivity index (χ3v) is 17.1. The molecule has 4 nitrogen and oxygen atoms in total. The first-order valence-corrected chi connectivity index (χ1v) is 26.1. The number of benzene rings is 6. The zero-order chi connectivity index (χ0) is 49.5. The van der Waals surface area contributed by atoms with Gasteiger partial charge in [-0.2, -0.15) is 0 Å². The van der Waals surface area contributed by atoms with Crippen molar-refractivity contribution in [3.63, 3.8) is 0 Å². The van der Waals surface area contributed by atoms with Crippen molar-refractivity contribution in [2.24, 2.45) is 0 Å². The number of anilines is 8. The molecular formula is C65H73BN4. The quantitative estimate of drug-likeness (QED) is 0.164. The summed E-state index contributed by atoms with van der Waals surface area (Å²) >= 11 is 0. The third-order valence-electron chi connectivity index (χ3n) is 17.1. The minimum atomic E-state index is -0.169.